The van der Waals surface area contributed by atoms with Gasteiger partial charge >= 0.3 is 0 Å². The second-order valence-electron chi connectivity index (χ2n) is 6.81. The summed E-state index contributed by atoms with van der Waals surface area (Å²) >= 11 is 0. The van der Waals surface area contributed by atoms with Crippen molar-refractivity contribution in [3.05, 3.63) is 53.1 Å². The van der Waals surface area contributed by atoms with Crippen LogP contribution in [0, 0.1) is 6.92 Å². The van der Waals surface area contributed by atoms with Crippen LogP contribution >= 0.6 is 0 Å². The molecule has 2 heterocycles. The van der Waals surface area contributed by atoms with Gasteiger partial charge in [-0.3, -0.25) is 9.80 Å². The van der Waals surface area contributed by atoms with Crippen molar-refractivity contribution in [3.63, 3.8) is 0 Å². The molecule has 2 aliphatic rings. The maximum absolute atomic E-state index is 10.2. The van der Waals surface area contributed by atoms with Gasteiger partial charge in [-0.05, 0) is 24.1 Å². The van der Waals surface area contributed by atoms with Crippen molar-refractivity contribution in [2.24, 2.45) is 0 Å². The molecule has 1 fully saturated rings. The van der Waals surface area contributed by atoms with Crippen LogP contribution in [-0.2, 0) is 13.1 Å². The molecule has 2 aromatic carbocycles. The van der Waals surface area contributed by atoms with E-state index >= 15 is 0 Å². The van der Waals surface area contributed by atoms with Crippen molar-refractivity contribution in [3.8, 4) is 17.2 Å². The first-order valence-corrected chi connectivity index (χ1v) is 8.80. The van der Waals surface area contributed by atoms with Crippen LogP contribution in [0.2, 0.25) is 0 Å². The molecule has 2 aliphatic heterocycles. The first-order valence-electron chi connectivity index (χ1n) is 8.80. The van der Waals surface area contributed by atoms with Gasteiger partial charge in [0, 0.05) is 50.9 Å². The molecule has 0 spiro atoms. The molecular formula is C20H24N2O3. The number of ether oxygens (including phenoxy) is 2. The minimum atomic E-state index is 0.232. The molecule has 0 amide bonds. The number of fused-ring (bicyclic) bond motifs is 1. The number of rotatable bonds is 4. The largest absolute Gasteiger partial charge is 0.507 e. The van der Waals surface area contributed by atoms with Crippen LogP contribution in [-0.4, -0.2) is 47.9 Å². The quantitative estimate of drug-likeness (QED) is 0.927. The summed E-state index contributed by atoms with van der Waals surface area (Å²) < 4.78 is 10.7. The van der Waals surface area contributed by atoms with Gasteiger partial charge < -0.3 is 14.6 Å². The molecular weight excluding hydrogens is 316 g/mol. The average molecular weight is 340 g/mol. The number of aryl methyl sites for hydroxylation is 1. The zero-order chi connectivity index (χ0) is 17.2. The second-order valence-corrected chi connectivity index (χ2v) is 6.81. The molecule has 5 nitrogen and oxygen atoms in total. The van der Waals surface area contributed by atoms with Crippen LogP contribution < -0.4 is 9.47 Å². The number of hydrogen-bond acceptors (Lipinski definition) is 5. The van der Waals surface area contributed by atoms with E-state index in [0.29, 0.717) is 5.75 Å². The van der Waals surface area contributed by atoms with Crippen LogP contribution in [0.1, 0.15) is 16.7 Å². The van der Waals surface area contributed by atoms with Crippen LogP contribution in [0.5, 0.6) is 17.2 Å². The highest BCUT2D eigenvalue weighted by Crippen LogP contribution is 2.38. The Bertz CT molecular complexity index is 755. The van der Waals surface area contributed by atoms with Crippen molar-refractivity contribution in [1.29, 1.82) is 0 Å². The van der Waals surface area contributed by atoms with E-state index in [9.17, 15) is 5.11 Å². The third-order valence-electron chi connectivity index (χ3n) is 5.09. The topological polar surface area (TPSA) is 45.2 Å². The van der Waals surface area contributed by atoms with Crippen molar-refractivity contribution >= 4 is 0 Å². The molecule has 0 aromatic heterocycles. The van der Waals surface area contributed by atoms with E-state index in [0.717, 1.165) is 50.6 Å². The number of phenolic OH excluding ortho intramolecular Hbond substituents is 1. The molecule has 0 saturated carbocycles. The van der Waals surface area contributed by atoms with Gasteiger partial charge in [0.25, 0.3) is 0 Å². The molecule has 25 heavy (non-hydrogen) atoms. The molecule has 5 heteroatoms. The molecule has 2 aromatic rings. The van der Waals surface area contributed by atoms with Crippen LogP contribution in [0.3, 0.4) is 0 Å². The lowest BCUT2D eigenvalue weighted by molar-refractivity contribution is 0.121. The smallest absolute Gasteiger partial charge is 0.231 e. The van der Waals surface area contributed by atoms with Crippen LogP contribution in [0.4, 0.5) is 0 Å². The number of phenols is 1. The van der Waals surface area contributed by atoms with Crippen molar-refractivity contribution < 1.29 is 14.6 Å². The number of hydrogen-bond donors (Lipinski definition) is 1. The average Bonchev–Trinajstić information content (AvgIpc) is 3.06. The van der Waals surface area contributed by atoms with Crippen molar-refractivity contribution in [2.45, 2.75) is 20.0 Å². The predicted molar refractivity (Wildman–Crippen MR) is 96.0 cm³/mol. The third kappa shape index (κ3) is 3.57. The lowest BCUT2D eigenvalue weighted by Gasteiger charge is -2.35. The summed E-state index contributed by atoms with van der Waals surface area (Å²) in [6.45, 7) is 8.24. The zero-order valence-corrected chi connectivity index (χ0v) is 14.6. The van der Waals surface area contributed by atoms with Gasteiger partial charge in [0.15, 0.2) is 11.5 Å². The van der Waals surface area contributed by atoms with Gasteiger partial charge in [-0.2, -0.15) is 0 Å². The van der Waals surface area contributed by atoms with Gasteiger partial charge in [-0.25, -0.2) is 0 Å². The van der Waals surface area contributed by atoms with Gasteiger partial charge in [0.05, 0.1) is 0 Å². The van der Waals surface area contributed by atoms with Gasteiger partial charge in [0.2, 0.25) is 6.79 Å². The molecule has 0 radical (unpaired) electrons. The SMILES string of the molecule is Cc1ccccc1CN1CCN(Cc2cc3c(cc2O)OCO3)CC1. The summed E-state index contributed by atoms with van der Waals surface area (Å²) in [6, 6.07) is 12.2. The molecule has 0 unspecified atom stereocenters. The minimum absolute atomic E-state index is 0.232. The van der Waals surface area contributed by atoms with E-state index in [-0.39, 0.29) is 12.5 Å². The van der Waals surface area contributed by atoms with E-state index < -0.39 is 0 Å². The summed E-state index contributed by atoms with van der Waals surface area (Å²) in [4.78, 5) is 4.88. The fraction of sp³-hybridized carbons (Fsp3) is 0.400. The Morgan fingerprint density at radius 3 is 2.16 bits per heavy atom. The summed E-state index contributed by atoms with van der Waals surface area (Å²) in [5, 5.41) is 10.2. The summed E-state index contributed by atoms with van der Waals surface area (Å²) in [6.07, 6.45) is 0. The number of piperazine rings is 1. The van der Waals surface area contributed by atoms with Gasteiger partial charge in [0.1, 0.15) is 5.75 Å². The standard InChI is InChI=1S/C20H24N2O3/c1-15-4-2-3-5-16(15)12-21-6-8-22(9-7-21)13-17-10-19-20(11-18(17)23)25-14-24-19/h2-5,10-11,23H,6-9,12-14H2,1H3. The lowest BCUT2D eigenvalue weighted by Crippen LogP contribution is -2.45. The number of aromatic hydroxyl groups is 1. The fourth-order valence-electron chi connectivity index (χ4n) is 3.47. The Kier molecular flexibility index (Phi) is 4.51. The maximum atomic E-state index is 10.2. The molecule has 0 atom stereocenters. The first kappa shape index (κ1) is 16.2. The Morgan fingerprint density at radius 1 is 0.880 bits per heavy atom. The van der Waals surface area contributed by atoms with Crippen LogP contribution in [0.15, 0.2) is 36.4 Å². The highest BCUT2D eigenvalue weighted by Gasteiger charge is 2.21. The van der Waals surface area contributed by atoms with Gasteiger partial charge in [-0.1, -0.05) is 24.3 Å². The normalized spacial score (nSPS) is 17.8. The Labute approximate surface area is 148 Å². The molecule has 1 saturated heterocycles. The van der Waals surface area contributed by atoms with E-state index in [1.54, 1.807) is 6.07 Å². The maximum Gasteiger partial charge on any atom is 0.231 e. The second kappa shape index (κ2) is 6.94. The summed E-state index contributed by atoms with van der Waals surface area (Å²) in [5.41, 5.74) is 3.66. The first-order chi connectivity index (χ1) is 12.2. The highest BCUT2D eigenvalue weighted by molar-refractivity contribution is 5.51. The Morgan fingerprint density at radius 2 is 1.48 bits per heavy atom. The molecule has 1 N–H and O–H groups in total. The summed E-state index contributed by atoms with van der Waals surface area (Å²) in [7, 11) is 0. The van der Waals surface area contributed by atoms with Gasteiger partial charge in [-0.15, -0.1) is 0 Å². The fourth-order valence-corrected chi connectivity index (χ4v) is 3.47. The van der Waals surface area contributed by atoms with E-state index in [1.807, 2.05) is 6.07 Å². The third-order valence-corrected chi connectivity index (χ3v) is 5.09. The molecule has 0 bridgehead atoms. The highest BCUT2D eigenvalue weighted by atomic mass is 16.7. The minimum Gasteiger partial charge on any atom is -0.507 e. The molecule has 0 aliphatic carbocycles. The van der Waals surface area contributed by atoms with Crippen molar-refractivity contribution in [2.75, 3.05) is 33.0 Å². The number of nitrogens with zero attached hydrogens (tertiary/aromatic N) is 2. The lowest BCUT2D eigenvalue weighted by atomic mass is 10.1. The van der Waals surface area contributed by atoms with Crippen LogP contribution in [0.25, 0.3) is 0 Å². The molecule has 4 rings (SSSR count). The van der Waals surface area contributed by atoms with E-state index in [2.05, 4.69) is 41.0 Å². The predicted octanol–water partition coefficient (Wildman–Crippen LogP) is 2.75. The summed E-state index contributed by atoms with van der Waals surface area (Å²) in [5.74, 6) is 1.64. The molecule has 132 valence electrons. The zero-order valence-electron chi connectivity index (χ0n) is 14.6. The van der Waals surface area contributed by atoms with Crippen molar-refractivity contribution in [1.82, 2.24) is 9.80 Å². The Hall–Kier alpha value is -2.24. The Balaban J connectivity index is 1.34. The monoisotopic (exact) mass is 340 g/mol. The van der Waals surface area contributed by atoms with E-state index in [4.69, 9.17) is 9.47 Å². The van der Waals surface area contributed by atoms with E-state index in [1.165, 1.54) is 11.1 Å². The number of benzene rings is 2.